The maximum Gasteiger partial charge on any atom is 0.0417 e. The second kappa shape index (κ2) is 3.16. The maximum absolute atomic E-state index is 5.99. The van der Waals surface area contributed by atoms with Gasteiger partial charge in [-0.25, -0.2) is 0 Å². The number of rotatable bonds is 1. The van der Waals surface area contributed by atoms with Crippen LogP contribution in [0.5, 0.6) is 0 Å². The molecule has 1 spiro atoms. The lowest BCUT2D eigenvalue weighted by atomic mass is 9.63. The molecule has 2 nitrogen and oxygen atoms in total. The number of nitrogens with zero attached hydrogens (tertiary/aromatic N) is 1. The quantitative estimate of drug-likeness (QED) is 0.731. The fourth-order valence-corrected chi connectivity index (χ4v) is 3.12. The molecule has 16 heavy (non-hydrogen) atoms. The fraction of sp³-hybridized carbons (Fsp3) is 0.571. The van der Waals surface area contributed by atoms with E-state index < -0.39 is 0 Å². The largest absolute Gasteiger partial charge is 0.398 e. The molecule has 0 atom stereocenters. The zero-order valence-corrected chi connectivity index (χ0v) is 10.2. The van der Waals surface area contributed by atoms with Crippen molar-refractivity contribution in [2.24, 2.45) is 5.41 Å². The minimum atomic E-state index is 0.687. The van der Waals surface area contributed by atoms with Crippen LogP contribution in [0.4, 0.5) is 11.4 Å². The van der Waals surface area contributed by atoms with E-state index in [1.807, 2.05) is 0 Å². The first-order chi connectivity index (χ1) is 7.60. The molecule has 2 heteroatoms. The first-order valence-corrected chi connectivity index (χ1v) is 6.21. The number of hydrogen-bond acceptors (Lipinski definition) is 2. The average molecular weight is 216 g/mol. The van der Waals surface area contributed by atoms with E-state index in [-0.39, 0.29) is 0 Å². The van der Waals surface area contributed by atoms with Crippen LogP contribution in [0, 0.1) is 19.3 Å². The normalized spacial score (nSPS) is 21.8. The summed E-state index contributed by atoms with van der Waals surface area (Å²) >= 11 is 0. The van der Waals surface area contributed by atoms with Crippen molar-refractivity contribution >= 4 is 11.4 Å². The van der Waals surface area contributed by atoms with Gasteiger partial charge in [0.15, 0.2) is 0 Å². The minimum Gasteiger partial charge on any atom is -0.398 e. The molecular formula is C14H20N2. The molecule has 0 bridgehead atoms. The molecule has 2 N–H and O–H groups in total. The molecule has 0 radical (unpaired) electrons. The molecule has 0 unspecified atom stereocenters. The van der Waals surface area contributed by atoms with E-state index in [0.29, 0.717) is 5.41 Å². The summed E-state index contributed by atoms with van der Waals surface area (Å²) in [6, 6.07) is 4.35. The number of nitrogens with two attached hydrogens (primary N) is 1. The van der Waals surface area contributed by atoms with Crippen molar-refractivity contribution in [1.29, 1.82) is 0 Å². The van der Waals surface area contributed by atoms with Crippen molar-refractivity contribution in [1.82, 2.24) is 0 Å². The summed E-state index contributed by atoms with van der Waals surface area (Å²) in [7, 11) is 0. The number of aryl methyl sites for hydroxylation is 2. The van der Waals surface area contributed by atoms with Crippen LogP contribution in [0.25, 0.3) is 0 Å². The van der Waals surface area contributed by atoms with Crippen LogP contribution in [0.1, 0.15) is 30.4 Å². The number of anilines is 2. The van der Waals surface area contributed by atoms with E-state index in [1.165, 1.54) is 49.2 Å². The van der Waals surface area contributed by atoms with E-state index in [2.05, 4.69) is 30.9 Å². The Morgan fingerprint density at radius 1 is 1.12 bits per heavy atom. The average Bonchev–Trinajstić information content (AvgIpc) is 2.08. The maximum atomic E-state index is 5.99. The molecule has 1 aromatic rings. The van der Waals surface area contributed by atoms with E-state index in [9.17, 15) is 0 Å². The van der Waals surface area contributed by atoms with E-state index >= 15 is 0 Å². The van der Waals surface area contributed by atoms with Gasteiger partial charge in [-0.3, -0.25) is 0 Å². The van der Waals surface area contributed by atoms with Crippen molar-refractivity contribution in [3.05, 3.63) is 23.3 Å². The molecule has 1 saturated carbocycles. The zero-order chi connectivity index (χ0) is 11.3. The Bertz CT molecular complexity index is 425. The number of hydrogen-bond donors (Lipinski definition) is 1. The van der Waals surface area contributed by atoms with Crippen molar-refractivity contribution in [3.8, 4) is 0 Å². The van der Waals surface area contributed by atoms with Crippen LogP contribution in [0.3, 0.4) is 0 Å². The summed E-state index contributed by atoms with van der Waals surface area (Å²) < 4.78 is 0. The molecule has 0 amide bonds. The second-order valence-electron chi connectivity index (χ2n) is 5.70. The molecule has 3 rings (SSSR count). The van der Waals surface area contributed by atoms with Crippen LogP contribution in [0.15, 0.2) is 12.1 Å². The molecule has 86 valence electrons. The third-order valence-electron chi connectivity index (χ3n) is 4.39. The van der Waals surface area contributed by atoms with Gasteiger partial charge in [-0.05, 0) is 43.9 Å². The molecule has 2 fully saturated rings. The van der Waals surface area contributed by atoms with Gasteiger partial charge < -0.3 is 10.6 Å². The highest BCUT2D eigenvalue weighted by atomic mass is 15.2. The zero-order valence-electron chi connectivity index (χ0n) is 10.2. The summed E-state index contributed by atoms with van der Waals surface area (Å²) in [4.78, 5) is 2.49. The van der Waals surface area contributed by atoms with Crippen molar-refractivity contribution in [2.45, 2.75) is 33.1 Å². The lowest BCUT2D eigenvalue weighted by molar-refractivity contribution is 0.0903. The lowest BCUT2D eigenvalue weighted by Gasteiger charge is -2.57. The first kappa shape index (κ1) is 10.0. The number of benzene rings is 1. The van der Waals surface area contributed by atoms with Gasteiger partial charge in [0.05, 0.1) is 0 Å². The predicted molar refractivity (Wildman–Crippen MR) is 68.8 cm³/mol. The van der Waals surface area contributed by atoms with Gasteiger partial charge in [0.1, 0.15) is 0 Å². The second-order valence-corrected chi connectivity index (χ2v) is 5.70. The van der Waals surface area contributed by atoms with Gasteiger partial charge in [0.2, 0.25) is 0 Å². The highest BCUT2D eigenvalue weighted by Gasteiger charge is 2.47. The Labute approximate surface area is 97.4 Å². The van der Waals surface area contributed by atoms with Crippen LogP contribution in [0.2, 0.25) is 0 Å². The monoisotopic (exact) mass is 216 g/mol. The van der Waals surface area contributed by atoms with Gasteiger partial charge in [-0.2, -0.15) is 0 Å². The Balaban J connectivity index is 1.83. The summed E-state index contributed by atoms with van der Waals surface area (Å²) in [5, 5.41) is 0. The SMILES string of the molecule is Cc1cc(C)c(N2CC3(CCC3)C2)cc1N. The summed E-state index contributed by atoms with van der Waals surface area (Å²) in [6.07, 6.45) is 4.30. The standard InChI is InChI=1S/C14H20N2/c1-10-6-11(2)13(7-12(10)15)16-8-14(9-16)4-3-5-14/h6-7H,3-5,8-9,15H2,1-2H3. The lowest BCUT2D eigenvalue weighted by Crippen LogP contribution is -2.60. The van der Waals surface area contributed by atoms with E-state index in [4.69, 9.17) is 5.73 Å². The molecular weight excluding hydrogens is 196 g/mol. The van der Waals surface area contributed by atoms with E-state index in [1.54, 1.807) is 0 Å². The molecule has 1 aliphatic heterocycles. The molecule has 1 aromatic carbocycles. The van der Waals surface area contributed by atoms with Crippen LogP contribution in [-0.2, 0) is 0 Å². The van der Waals surface area contributed by atoms with Crippen LogP contribution in [-0.4, -0.2) is 13.1 Å². The third kappa shape index (κ3) is 1.32. The molecule has 1 saturated heterocycles. The Morgan fingerprint density at radius 3 is 2.38 bits per heavy atom. The highest BCUT2D eigenvalue weighted by Crippen LogP contribution is 2.50. The van der Waals surface area contributed by atoms with Crippen molar-refractivity contribution in [3.63, 3.8) is 0 Å². The Morgan fingerprint density at radius 2 is 1.81 bits per heavy atom. The Kier molecular flexibility index (Phi) is 1.97. The molecule has 1 heterocycles. The van der Waals surface area contributed by atoms with Crippen LogP contribution < -0.4 is 10.6 Å². The summed E-state index contributed by atoms with van der Waals surface area (Å²) in [5.41, 5.74) is 11.5. The minimum absolute atomic E-state index is 0.687. The van der Waals surface area contributed by atoms with Gasteiger partial charge in [-0.15, -0.1) is 0 Å². The highest BCUT2D eigenvalue weighted by molar-refractivity contribution is 5.65. The first-order valence-electron chi connectivity index (χ1n) is 6.21. The van der Waals surface area contributed by atoms with Crippen LogP contribution >= 0.6 is 0 Å². The molecule has 2 aliphatic rings. The molecule has 0 aromatic heterocycles. The fourth-order valence-electron chi connectivity index (χ4n) is 3.12. The smallest absolute Gasteiger partial charge is 0.0417 e. The van der Waals surface area contributed by atoms with Gasteiger partial charge in [0.25, 0.3) is 0 Å². The predicted octanol–water partition coefficient (Wildman–Crippen LogP) is 2.88. The van der Waals surface area contributed by atoms with Crippen molar-refractivity contribution < 1.29 is 0 Å². The topological polar surface area (TPSA) is 29.3 Å². The van der Waals surface area contributed by atoms with Gasteiger partial charge in [0, 0.05) is 29.9 Å². The van der Waals surface area contributed by atoms with Gasteiger partial charge in [-0.1, -0.05) is 12.5 Å². The summed E-state index contributed by atoms with van der Waals surface area (Å²) in [6.45, 7) is 6.76. The Hall–Kier alpha value is -1.18. The summed E-state index contributed by atoms with van der Waals surface area (Å²) in [5.74, 6) is 0. The van der Waals surface area contributed by atoms with E-state index in [0.717, 1.165) is 5.69 Å². The van der Waals surface area contributed by atoms with Crippen molar-refractivity contribution in [2.75, 3.05) is 23.7 Å². The molecule has 1 aliphatic carbocycles. The number of nitrogen functional groups attached to an aromatic ring is 1. The van der Waals surface area contributed by atoms with Gasteiger partial charge >= 0.3 is 0 Å². The third-order valence-corrected chi connectivity index (χ3v) is 4.39.